The summed E-state index contributed by atoms with van der Waals surface area (Å²) >= 11 is 6.11. The fraction of sp³-hybridized carbons (Fsp3) is 0.522. The number of rotatable bonds is 4. The maximum atomic E-state index is 13.1. The molecular formula is C23H29ClN4O. The predicted molar refractivity (Wildman–Crippen MR) is 116 cm³/mol. The molecule has 4 heterocycles. The van der Waals surface area contributed by atoms with Gasteiger partial charge in [-0.05, 0) is 42.6 Å². The van der Waals surface area contributed by atoms with Gasteiger partial charge in [0.05, 0.1) is 0 Å². The lowest BCUT2D eigenvalue weighted by Crippen LogP contribution is -2.47. The summed E-state index contributed by atoms with van der Waals surface area (Å²) in [6.07, 6.45) is 1.22. The zero-order valence-corrected chi connectivity index (χ0v) is 17.6. The number of benzene rings is 1. The summed E-state index contributed by atoms with van der Waals surface area (Å²) in [5.74, 6) is 1.10. The molecule has 1 aromatic heterocycles. The summed E-state index contributed by atoms with van der Waals surface area (Å²) in [6.45, 7) is 8.66. The van der Waals surface area contributed by atoms with Crippen LogP contribution in [0.2, 0.25) is 5.02 Å². The Labute approximate surface area is 177 Å². The number of hydrogen-bond donors (Lipinski definition) is 1. The molecule has 0 unspecified atom stereocenters. The zero-order chi connectivity index (χ0) is 19.8. The van der Waals surface area contributed by atoms with Crippen molar-refractivity contribution in [1.82, 2.24) is 19.7 Å². The van der Waals surface area contributed by atoms with Crippen LogP contribution < -0.4 is 10.9 Å². The molecule has 1 N–H and O–H groups in total. The van der Waals surface area contributed by atoms with E-state index in [9.17, 15) is 4.79 Å². The molecule has 2 bridgehead atoms. The van der Waals surface area contributed by atoms with E-state index < -0.39 is 0 Å². The smallest absolute Gasteiger partial charge is 0.255 e. The largest absolute Gasteiger partial charge is 0.316 e. The van der Waals surface area contributed by atoms with Crippen molar-refractivity contribution in [3.63, 3.8) is 0 Å². The van der Waals surface area contributed by atoms with Crippen LogP contribution in [0.1, 0.15) is 29.2 Å². The number of halogens is 1. The highest BCUT2D eigenvalue weighted by Crippen LogP contribution is 2.31. The molecule has 0 aliphatic carbocycles. The van der Waals surface area contributed by atoms with E-state index in [4.69, 9.17) is 11.6 Å². The summed E-state index contributed by atoms with van der Waals surface area (Å²) in [6, 6.07) is 12.4. The van der Waals surface area contributed by atoms with Crippen LogP contribution in [0.3, 0.4) is 0 Å². The number of pyridine rings is 1. The molecule has 6 heteroatoms. The van der Waals surface area contributed by atoms with Crippen LogP contribution in [0, 0.1) is 5.92 Å². The van der Waals surface area contributed by atoms with E-state index in [1.165, 1.54) is 17.7 Å². The van der Waals surface area contributed by atoms with Crippen molar-refractivity contribution in [3.8, 4) is 0 Å². The molecule has 2 saturated heterocycles. The van der Waals surface area contributed by atoms with Gasteiger partial charge in [0.15, 0.2) is 0 Å². The van der Waals surface area contributed by atoms with Crippen molar-refractivity contribution >= 4 is 11.6 Å². The molecule has 5 rings (SSSR count). The Bertz CT molecular complexity index is 935. The molecule has 5 nitrogen and oxygen atoms in total. The van der Waals surface area contributed by atoms with E-state index in [-0.39, 0.29) is 5.56 Å². The maximum absolute atomic E-state index is 13.1. The number of hydrogen-bond acceptors (Lipinski definition) is 4. The molecule has 2 fully saturated rings. The van der Waals surface area contributed by atoms with Gasteiger partial charge in [-0.1, -0.05) is 29.8 Å². The van der Waals surface area contributed by atoms with Gasteiger partial charge in [0.2, 0.25) is 0 Å². The van der Waals surface area contributed by atoms with Crippen molar-refractivity contribution in [2.24, 2.45) is 5.92 Å². The predicted octanol–water partition coefficient (Wildman–Crippen LogP) is 2.53. The highest BCUT2D eigenvalue weighted by Gasteiger charge is 2.31. The third kappa shape index (κ3) is 4.15. The zero-order valence-electron chi connectivity index (χ0n) is 16.8. The SMILES string of the molecule is O=c1c(CN2CCN(Cc3cccc(Cl)c3)CC2)ccc2n1C[C@@H]1CNC[C@H]2C1. The second kappa shape index (κ2) is 8.23. The summed E-state index contributed by atoms with van der Waals surface area (Å²) in [5, 5.41) is 4.32. The number of nitrogens with one attached hydrogen (secondary N) is 1. The maximum Gasteiger partial charge on any atom is 0.255 e. The molecule has 2 atom stereocenters. The fourth-order valence-corrected chi connectivity index (χ4v) is 5.41. The number of aromatic nitrogens is 1. The van der Waals surface area contributed by atoms with Gasteiger partial charge in [0, 0.05) is 74.6 Å². The van der Waals surface area contributed by atoms with E-state index in [2.05, 4.69) is 37.9 Å². The Morgan fingerprint density at radius 3 is 2.59 bits per heavy atom. The van der Waals surface area contributed by atoms with Crippen LogP contribution in [-0.2, 0) is 19.6 Å². The van der Waals surface area contributed by atoms with Gasteiger partial charge >= 0.3 is 0 Å². The molecule has 0 saturated carbocycles. The highest BCUT2D eigenvalue weighted by molar-refractivity contribution is 6.30. The quantitative estimate of drug-likeness (QED) is 0.837. The van der Waals surface area contributed by atoms with Crippen molar-refractivity contribution in [3.05, 3.63) is 68.6 Å². The lowest BCUT2D eigenvalue weighted by atomic mass is 9.84. The topological polar surface area (TPSA) is 40.5 Å². The lowest BCUT2D eigenvalue weighted by Gasteiger charge is -2.38. The minimum atomic E-state index is 0.237. The molecule has 2 aromatic rings. The Kier molecular flexibility index (Phi) is 5.48. The molecule has 3 aliphatic rings. The van der Waals surface area contributed by atoms with Crippen molar-refractivity contribution in [2.75, 3.05) is 39.3 Å². The highest BCUT2D eigenvalue weighted by atomic mass is 35.5. The van der Waals surface area contributed by atoms with E-state index in [1.54, 1.807) is 0 Å². The van der Waals surface area contributed by atoms with Gasteiger partial charge in [-0.3, -0.25) is 14.6 Å². The monoisotopic (exact) mass is 412 g/mol. The van der Waals surface area contributed by atoms with Crippen molar-refractivity contribution in [1.29, 1.82) is 0 Å². The van der Waals surface area contributed by atoms with E-state index >= 15 is 0 Å². The van der Waals surface area contributed by atoms with Gasteiger partial charge in [-0.25, -0.2) is 0 Å². The van der Waals surface area contributed by atoms with Gasteiger partial charge in [-0.2, -0.15) is 0 Å². The normalized spacial score (nSPS) is 25.0. The third-order valence-corrected chi connectivity index (χ3v) is 6.98. The van der Waals surface area contributed by atoms with Crippen LogP contribution in [0.5, 0.6) is 0 Å². The average molecular weight is 413 g/mol. The first-order chi connectivity index (χ1) is 14.2. The fourth-order valence-electron chi connectivity index (χ4n) is 5.20. The van der Waals surface area contributed by atoms with E-state index in [0.717, 1.165) is 69.5 Å². The lowest BCUT2D eigenvalue weighted by molar-refractivity contribution is 0.121. The molecular weight excluding hydrogens is 384 g/mol. The second-order valence-electron chi connectivity index (χ2n) is 8.84. The molecule has 3 aliphatic heterocycles. The number of piperazine rings is 1. The minimum Gasteiger partial charge on any atom is -0.316 e. The summed E-state index contributed by atoms with van der Waals surface area (Å²) < 4.78 is 2.07. The first-order valence-electron chi connectivity index (χ1n) is 10.8. The number of nitrogens with zero attached hydrogens (tertiary/aromatic N) is 3. The van der Waals surface area contributed by atoms with Crippen LogP contribution in [0.4, 0.5) is 0 Å². The standard InChI is InChI=1S/C23H29ClN4O/c24-21-3-1-2-17(11-21)14-26-6-8-27(9-7-26)16-19-4-5-22-20-10-18(12-25-13-20)15-28(22)23(19)29/h1-5,11,18,20,25H,6-10,12-16H2/t18-,20+/m0/s1. The van der Waals surface area contributed by atoms with Gasteiger partial charge in [-0.15, -0.1) is 0 Å². The van der Waals surface area contributed by atoms with Crippen molar-refractivity contribution < 1.29 is 0 Å². The van der Waals surface area contributed by atoms with Gasteiger partial charge < -0.3 is 9.88 Å². The molecule has 29 heavy (non-hydrogen) atoms. The van der Waals surface area contributed by atoms with E-state index in [1.807, 2.05) is 18.2 Å². The first-order valence-corrected chi connectivity index (χ1v) is 11.2. The van der Waals surface area contributed by atoms with Crippen LogP contribution in [0.25, 0.3) is 0 Å². The van der Waals surface area contributed by atoms with Crippen molar-refractivity contribution in [2.45, 2.75) is 32.0 Å². The van der Waals surface area contributed by atoms with Gasteiger partial charge in [0.1, 0.15) is 0 Å². The van der Waals surface area contributed by atoms with Gasteiger partial charge in [0.25, 0.3) is 5.56 Å². The third-order valence-electron chi connectivity index (χ3n) is 6.74. The summed E-state index contributed by atoms with van der Waals surface area (Å²) in [4.78, 5) is 18.0. The average Bonchev–Trinajstić information content (AvgIpc) is 2.72. The molecule has 0 spiro atoms. The Hall–Kier alpha value is -1.66. The summed E-state index contributed by atoms with van der Waals surface area (Å²) in [5.41, 5.74) is 3.68. The molecule has 0 radical (unpaired) electrons. The molecule has 0 amide bonds. The summed E-state index contributed by atoms with van der Waals surface area (Å²) in [7, 11) is 0. The van der Waals surface area contributed by atoms with Crippen LogP contribution in [0.15, 0.2) is 41.2 Å². The van der Waals surface area contributed by atoms with Crippen LogP contribution in [-0.4, -0.2) is 53.6 Å². The number of piperidine rings is 1. The minimum absolute atomic E-state index is 0.237. The van der Waals surface area contributed by atoms with Crippen LogP contribution >= 0.6 is 11.6 Å². The molecule has 154 valence electrons. The Balaban J connectivity index is 1.22. The van der Waals surface area contributed by atoms with E-state index in [0.29, 0.717) is 11.8 Å². The molecule has 1 aromatic carbocycles. The Morgan fingerprint density at radius 2 is 1.79 bits per heavy atom. The second-order valence-corrected chi connectivity index (χ2v) is 9.27. The first kappa shape index (κ1) is 19.3. The Morgan fingerprint density at radius 1 is 1.00 bits per heavy atom. The number of fused-ring (bicyclic) bond motifs is 4.